The molecule has 0 N–H and O–H groups in total. The lowest BCUT2D eigenvalue weighted by atomic mass is 10.2. The highest BCUT2D eigenvalue weighted by Crippen LogP contribution is 2.15. The number of hydrogen-bond acceptors (Lipinski definition) is 5. The second kappa shape index (κ2) is 7.27. The van der Waals surface area contributed by atoms with Crippen LogP contribution >= 0.6 is 23.1 Å². The van der Waals surface area contributed by atoms with E-state index in [-0.39, 0.29) is 5.56 Å². The number of nitrogens with zero attached hydrogens (tertiary/aromatic N) is 3. The number of benzene rings is 2. The number of fused-ring (bicyclic) bond motifs is 1. The summed E-state index contributed by atoms with van der Waals surface area (Å²) in [4.78, 5) is 18.8. The van der Waals surface area contributed by atoms with Crippen LogP contribution < -0.4 is 10.1 Å². The summed E-state index contributed by atoms with van der Waals surface area (Å²) < 4.78 is 2.01. The van der Waals surface area contributed by atoms with Gasteiger partial charge in [0.05, 0.1) is 4.53 Å². The fourth-order valence-electron chi connectivity index (χ4n) is 2.51. The molecule has 2 aromatic carbocycles. The van der Waals surface area contributed by atoms with Crippen LogP contribution in [-0.2, 0) is 0 Å². The predicted octanol–water partition coefficient (Wildman–Crippen LogP) is 3.59. The van der Waals surface area contributed by atoms with Crippen LogP contribution in [0.1, 0.15) is 17.0 Å². The molecule has 0 bridgehead atoms. The third-order valence-corrected chi connectivity index (χ3v) is 5.54. The number of thioether (sulfide) groups is 1. The fourth-order valence-corrected chi connectivity index (χ4v) is 3.83. The van der Waals surface area contributed by atoms with Crippen molar-refractivity contribution in [1.82, 2.24) is 14.6 Å². The van der Waals surface area contributed by atoms with Crippen molar-refractivity contribution in [2.24, 2.45) is 0 Å². The summed E-state index contributed by atoms with van der Waals surface area (Å²) in [7, 11) is 0. The minimum Gasteiger partial charge on any atom is -0.266 e. The van der Waals surface area contributed by atoms with Crippen molar-refractivity contribution in [3.8, 4) is 0 Å². The molecule has 4 nitrogen and oxygen atoms in total. The summed E-state index contributed by atoms with van der Waals surface area (Å²) in [6, 6.07) is 18.0. The van der Waals surface area contributed by atoms with E-state index in [1.807, 2.05) is 79.1 Å². The smallest absolute Gasteiger partial charge is 0.266 e. The summed E-state index contributed by atoms with van der Waals surface area (Å²) in [6.07, 6.45) is 7.68. The lowest BCUT2D eigenvalue weighted by Crippen LogP contribution is -2.23. The first kappa shape index (κ1) is 16.8. The van der Waals surface area contributed by atoms with Gasteiger partial charge in [0, 0.05) is 4.90 Å². The van der Waals surface area contributed by atoms with Gasteiger partial charge in [0.2, 0.25) is 4.96 Å². The molecule has 0 aliphatic heterocycles. The second-order valence-electron chi connectivity index (χ2n) is 5.60. The molecular formula is C20H15N3OS2. The molecule has 0 saturated heterocycles. The predicted molar refractivity (Wildman–Crippen MR) is 110 cm³/mol. The Balaban J connectivity index is 1.66. The fraction of sp³-hybridized carbons (Fsp3) is 0.0500. The Hall–Kier alpha value is -2.70. The van der Waals surface area contributed by atoms with Gasteiger partial charge in [-0.15, -0.1) is 16.9 Å². The van der Waals surface area contributed by atoms with Gasteiger partial charge < -0.3 is 0 Å². The van der Waals surface area contributed by atoms with E-state index in [1.54, 1.807) is 11.8 Å². The topological polar surface area (TPSA) is 47.3 Å². The van der Waals surface area contributed by atoms with E-state index in [0.29, 0.717) is 15.3 Å². The first-order chi connectivity index (χ1) is 12.7. The van der Waals surface area contributed by atoms with Crippen molar-refractivity contribution in [2.75, 3.05) is 6.26 Å². The van der Waals surface area contributed by atoms with Crippen LogP contribution in [0.3, 0.4) is 0 Å². The summed E-state index contributed by atoms with van der Waals surface area (Å²) in [6.45, 7) is 0. The SMILES string of the molecule is CSc1ccc(/C=c2\sc3nc(/C=C/c4ccccc4)nn3c2=O)cc1. The molecule has 26 heavy (non-hydrogen) atoms. The zero-order valence-corrected chi connectivity index (χ0v) is 15.6. The maximum absolute atomic E-state index is 12.6. The monoisotopic (exact) mass is 377 g/mol. The molecule has 0 saturated carbocycles. The third kappa shape index (κ3) is 3.47. The number of aromatic nitrogens is 3. The van der Waals surface area contributed by atoms with E-state index in [0.717, 1.165) is 11.1 Å². The van der Waals surface area contributed by atoms with Crippen molar-refractivity contribution in [2.45, 2.75) is 4.90 Å². The largest absolute Gasteiger partial charge is 0.291 e. The van der Waals surface area contributed by atoms with Crippen LogP contribution in [0.15, 0.2) is 64.3 Å². The standard InChI is InChI=1S/C20H15N3OS2/c1-25-16-10-7-15(8-11-16)13-17-19(24)23-20(26-17)21-18(22-23)12-9-14-5-3-2-4-6-14/h2-13H,1H3/b12-9+,17-13-. The summed E-state index contributed by atoms with van der Waals surface area (Å²) in [5, 5.41) is 4.31. The van der Waals surface area contributed by atoms with E-state index in [2.05, 4.69) is 10.1 Å². The molecule has 0 amide bonds. The van der Waals surface area contributed by atoms with Crippen molar-refractivity contribution in [3.05, 3.63) is 86.4 Å². The molecule has 0 aliphatic rings. The van der Waals surface area contributed by atoms with Gasteiger partial charge in [-0.1, -0.05) is 59.9 Å². The van der Waals surface area contributed by atoms with Gasteiger partial charge in [-0.05, 0) is 41.7 Å². The lowest BCUT2D eigenvalue weighted by molar-refractivity contribution is 0.925. The highest BCUT2D eigenvalue weighted by molar-refractivity contribution is 7.98. The quantitative estimate of drug-likeness (QED) is 0.510. The van der Waals surface area contributed by atoms with Gasteiger partial charge in [-0.25, -0.2) is 0 Å². The van der Waals surface area contributed by atoms with Gasteiger partial charge >= 0.3 is 0 Å². The van der Waals surface area contributed by atoms with E-state index in [4.69, 9.17) is 0 Å². The van der Waals surface area contributed by atoms with Gasteiger partial charge in [-0.2, -0.15) is 9.50 Å². The minimum absolute atomic E-state index is 0.134. The number of thiazole rings is 1. The first-order valence-electron chi connectivity index (χ1n) is 8.01. The van der Waals surface area contributed by atoms with Crippen molar-refractivity contribution < 1.29 is 0 Å². The van der Waals surface area contributed by atoms with E-state index < -0.39 is 0 Å². The van der Waals surface area contributed by atoms with Crippen LogP contribution in [0, 0.1) is 0 Å². The van der Waals surface area contributed by atoms with Gasteiger partial charge in [0.25, 0.3) is 5.56 Å². The van der Waals surface area contributed by atoms with Crippen molar-refractivity contribution in [3.63, 3.8) is 0 Å². The molecule has 0 unspecified atom stereocenters. The molecule has 0 atom stereocenters. The van der Waals surface area contributed by atoms with Crippen LogP contribution in [0.2, 0.25) is 0 Å². The molecule has 2 heterocycles. The zero-order chi connectivity index (χ0) is 17.9. The lowest BCUT2D eigenvalue weighted by Gasteiger charge is -1.95. The molecule has 4 rings (SSSR count). The highest BCUT2D eigenvalue weighted by atomic mass is 32.2. The molecule has 0 radical (unpaired) electrons. The Kier molecular flexibility index (Phi) is 4.69. The Morgan fingerprint density at radius 3 is 2.46 bits per heavy atom. The minimum atomic E-state index is -0.134. The average Bonchev–Trinajstić information content (AvgIpc) is 3.21. The van der Waals surface area contributed by atoms with Crippen LogP contribution in [0.25, 0.3) is 23.2 Å². The molecule has 128 valence electrons. The zero-order valence-electron chi connectivity index (χ0n) is 14.0. The molecule has 2 aromatic heterocycles. The maximum Gasteiger partial charge on any atom is 0.291 e. The first-order valence-corrected chi connectivity index (χ1v) is 10.1. The molecule has 4 aromatic rings. The summed E-state index contributed by atoms with van der Waals surface area (Å²) >= 11 is 3.05. The molecule has 0 fully saturated rings. The molecule has 0 spiro atoms. The summed E-state index contributed by atoms with van der Waals surface area (Å²) in [5.41, 5.74) is 1.93. The van der Waals surface area contributed by atoms with Gasteiger partial charge in [-0.3, -0.25) is 4.79 Å². The van der Waals surface area contributed by atoms with Gasteiger partial charge in [0.15, 0.2) is 5.82 Å². The molecular weight excluding hydrogens is 362 g/mol. The molecule has 0 aliphatic carbocycles. The Morgan fingerprint density at radius 1 is 1.00 bits per heavy atom. The van der Waals surface area contributed by atoms with Crippen LogP contribution in [0.5, 0.6) is 0 Å². The van der Waals surface area contributed by atoms with E-state index in [9.17, 15) is 4.79 Å². The molecule has 6 heteroatoms. The van der Waals surface area contributed by atoms with E-state index >= 15 is 0 Å². The van der Waals surface area contributed by atoms with Crippen molar-refractivity contribution in [1.29, 1.82) is 0 Å². The Labute approximate surface area is 158 Å². The van der Waals surface area contributed by atoms with Crippen molar-refractivity contribution >= 4 is 46.3 Å². The van der Waals surface area contributed by atoms with Gasteiger partial charge in [0.1, 0.15) is 0 Å². The summed E-state index contributed by atoms with van der Waals surface area (Å²) in [5.74, 6) is 0.535. The average molecular weight is 377 g/mol. The normalized spacial score (nSPS) is 12.4. The highest BCUT2D eigenvalue weighted by Gasteiger charge is 2.08. The number of rotatable bonds is 4. The maximum atomic E-state index is 12.6. The third-order valence-electron chi connectivity index (χ3n) is 3.84. The Bertz CT molecular complexity index is 1180. The second-order valence-corrected chi connectivity index (χ2v) is 7.49. The van der Waals surface area contributed by atoms with Crippen LogP contribution in [-0.4, -0.2) is 20.9 Å². The van der Waals surface area contributed by atoms with Crippen LogP contribution in [0.4, 0.5) is 0 Å². The Morgan fingerprint density at radius 2 is 1.77 bits per heavy atom. The van der Waals surface area contributed by atoms with E-state index in [1.165, 1.54) is 20.7 Å². The number of hydrogen-bond donors (Lipinski definition) is 0.